The van der Waals surface area contributed by atoms with E-state index >= 15 is 0 Å². The number of nitrogens with zero attached hydrogens (tertiary/aromatic N) is 1. The molecule has 0 radical (unpaired) electrons. The molecule has 0 aliphatic rings. The number of carboxylic acid groups (broad SMARTS) is 2. The lowest BCUT2D eigenvalue weighted by Gasteiger charge is -2.28. The molecule has 0 saturated heterocycles. The summed E-state index contributed by atoms with van der Waals surface area (Å²) in [5, 5.41) is 21.3. The highest BCUT2D eigenvalue weighted by Crippen LogP contribution is 2.29. The number of hydrogen-bond donors (Lipinski definition) is 4. The Hall–Kier alpha value is -2.12. The molecule has 0 aromatic heterocycles. The molecule has 0 aromatic carbocycles. The van der Waals surface area contributed by atoms with Crippen molar-refractivity contribution in [1.82, 2.24) is 5.43 Å². The number of nitrogens with two attached hydrogens (primary N) is 1. The van der Waals surface area contributed by atoms with Crippen LogP contribution in [-0.2, 0) is 9.59 Å². The highest BCUT2D eigenvalue weighted by molar-refractivity contribution is 6.41. The second-order valence-corrected chi connectivity index (χ2v) is 3.90. The number of primary amides is 1. The predicted octanol–water partition coefficient (Wildman–Crippen LogP) is -0.158. The fraction of sp³-hybridized carbons (Fsp3) is 0.556. The standard InChI is InChI=1S/C9H15N3O5/c1-4(2)9(3,7(15)16)5(6(13)14)11-12-8(10)17/h4H,1-3H3,(H,13,14)(H,15,16)(H3,10,12,17). The normalized spacial score (nSPS) is 15.2. The van der Waals surface area contributed by atoms with E-state index < -0.39 is 35.0 Å². The van der Waals surface area contributed by atoms with Gasteiger partial charge in [0.25, 0.3) is 0 Å². The van der Waals surface area contributed by atoms with E-state index in [-0.39, 0.29) is 0 Å². The van der Waals surface area contributed by atoms with Crippen LogP contribution in [0.25, 0.3) is 0 Å². The lowest BCUT2D eigenvalue weighted by atomic mass is 9.75. The summed E-state index contributed by atoms with van der Waals surface area (Å²) in [4.78, 5) is 32.6. The van der Waals surface area contributed by atoms with Crippen LogP contribution in [0.2, 0.25) is 0 Å². The fourth-order valence-electron chi connectivity index (χ4n) is 1.12. The van der Waals surface area contributed by atoms with Gasteiger partial charge in [-0.2, -0.15) is 5.10 Å². The van der Waals surface area contributed by atoms with Crippen molar-refractivity contribution >= 4 is 23.7 Å². The Balaban J connectivity index is 5.57. The number of nitrogens with one attached hydrogen (secondary N) is 1. The molecule has 1 atom stereocenters. The van der Waals surface area contributed by atoms with Gasteiger partial charge in [0, 0.05) is 0 Å². The number of carbonyl (C=O) groups excluding carboxylic acids is 1. The molecule has 0 bridgehead atoms. The Morgan fingerprint density at radius 2 is 1.76 bits per heavy atom. The molecule has 0 aromatic rings. The first kappa shape index (κ1) is 14.9. The summed E-state index contributed by atoms with van der Waals surface area (Å²) >= 11 is 0. The smallest absolute Gasteiger partial charge is 0.353 e. The van der Waals surface area contributed by atoms with Crippen molar-refractivity contribution in [2.75, 3.05) is 0 Å². The van der Waals surface area contributed by atoms with Crippen molar-refractivity contribution in [1.29, 1.82) is 0 Å². The van der Waals surface area contributed by atoms with E-state index in [1.165, 1.54) is 20.8 Å². The van der Waals surface area contributed by atoms with Gasteiger partial charge in [-0.05, 0) is 12.8 Å². The average molecular weight is 245 g/mol. The van der Waals surface area contributed by atoms with Gasteiger partial charge in [-0.15, -0.1) is 0 Å². The molecular weight excluding hydrogens is 230 g/mol. The number of hydrogen-bond acceptors (Lipinski definition) is 4. The maximum atomic E-state index is 11.2. The summed E-state index contributed by atoms with van der Waals surface area (Å²) in [7, 11) is 0. The second kappa shape index (κ2) is 5.28. The zero-order chi connectivity index (χ0) is 13.8. The van der Waals surface area contributed by atoms with E-state index in [1.54, 1.807) is 5.43 Å². The quantitative estimate of drug-likeness (QED) is 0.393. The second-order valence-electron chi connectivity index (χ2n) is 3.90. The van der Waals surface area contributed by atoms with Crippen LogP contribution in [0.15, 0.2) is 5.10 Å². The molecule has 0 heterocycles. The number of urea groups is 1. The molecule has 0 saturated carbocycles. The van der Waals surface area contributed by atoms with Crippen LogP contribution in [0.3, 0.4) is 0 Å². The third kappa shape index (κ3) is 3.16. The zero-order valence-electron chi connectivity index (χ0n) is 9.72. The lowest BCUT2D eigenvalue weighted by Crippen LogP contribution is -2.46. The maximum absolute atomic E-state index is 11.2. The van der Waals surface area contributed by atoms with E-state index in [0.717, 1.165) is 0 Å². The third-order valence-electron chi connectivity index (χ3n) is 2.57. The van der Waals surface area contributed by atoms with E-state index in [1.807, 2.05) is 0 Å². The molecule has 5 N–H and O–H groups in total. The van der Waals surface area contributed by atoms with Crippen molar-refractivity contribution in [3.63, 3.8) is 0 Å². The number of aliphatic carboxylic acids is 2. The van der Waals surface area contributed by atoms with Gasteiger partial charge in [-0.25, -0.2) is 15.0 Å². The van der Waals surface area contributed by atoms with Crippen molar-refractivity contribution in [2.24, 2.45) is 22.2 Å². The van der Waals surface area contributed by atoms with E-state index in [9.17, 15) is 14.4 Å². The highest BCUT2D eigenvalue weighted by Gasteiger charge is 2.45. The van der Waals surface area contributed by atoms with E-state index in [4.69, 9.17) is 15.9 Å². The molecule has 0 aliphatic carbocycles. The summed E-state index contributed by atoms with van der Waals surface area (Å²) < 4.78 is 0. The average Bonchev–Trinajstić information content (AvgIpc) is 2.15. The Morgan fingerprint density at radius 3 is 2.00 bits per heavy atom. The van der Waals surface area contributed by atoms with Crippen LogP contribution in [0.5, 0.6) is 0 Å². The molecule has 8 heteroatoms. The summed E-state index contributed by atoms with van der Waals surface area (Å²) in [6.07, 6.45) is 0. The topological polar surface area (TPSA) is 142 Å². The van der Waals surface area contributed by atoms with Crippen LogP contribution in [0.1, 0.15) is 20.8 Å². The fourth-order valence-corrected chi connectivity index (χ4v) is 1.12. The monoisotopic (exact) mass is 245 g/mol. The molecule has 2 amide bonds. The number of carbonyl (C=O) groups is 3. The highest BCUT2D eigenvalue weighted by atomic mass is 16.4. The van der Waals surface area contributed by atoms with Gasteiger partial charge in [0.05, 0.1) is 0 Å². The molecule has 17 heavy (non-hydrogen) atoms. The first-order valence-corrected chi connectivity index (χ1v) is 4.74. The van der Waals surface area contributed by atoms with Crippen LogP contribution >= 0.6 is 0 Å². The van der Waals surface area contributed by atoms with Crippen molar-refractivity contribution in [3.8, 4) is 0 Å². The molecule has 0 aliphatic heterocycles. The van der Waals surface area contributed by atoms with Crippen LogP contribution in [0, 0.1) is 11.3 Å². The van der Waals surface area contributed by atoms with Gasteiger partial charge in [0.15, 0.2) is 5.71 Å². The molecule has 96 valence electrons. The number of hydrazone groups is 1. The Bertz CT molecular complexity index is 377. The number of carboxylic acids is 2. The number of amides is 2. The first-order valence-electron chi connectivity index (χ1n) is 4.74. The van der Waals surface area contributed by atoms with Crippen molar-refractivity contribution in [2.45, 2.75) is 20.8 Å². The minimum atomic E-state index is -1.73. The van der Waals surface area contributed by atoms with Gasteiger partial charge in [-0.1, -0.05) is 13.8 Å². The first-order chi connectivity index (χ1) is 7.63. The molecular formula is C9H15N3O5. The third-order valence-corrected chi connectivity index (χ3v) is 2.57. The van der Waals surface area contributed by atoms with Crippen molar-refractivity contribution < 1.29 is 24.6 Å². The molecule has 0 rings (SSSR count). The minimum absolute atomic E-state index is 0.537. The molecule has 0 spiro atoms. The largest absolute Gasteiger partial charge is 0.481 e. The predicted molar refractivity (Wildman–Crippen MR) is 58.4 cm³/mol. The Labute approximate surface area is 97.5 Å². The van der Waals surface area contributed by atoms with E-state index in [0.29, 0.717) is 0 Å². The Morgan fingerprint density at radius 1 is 1.29 bits per heavy atom. The minimum Gasteiger partial charge on any atom is -0.481 e. The number of rotatable bonds is 5. The summed E-state index contributed by atoms with van der Waals surface area (Å²) in [6, 6.07) is -1.07. The van der Waals surface area contributed by atoms with E-state index in [2.05, 4.69) is 5.10 Å². The lowest BCUT2D eigenvalue weighted by molar-refractivity contribution is -0.147. The summed E-state index contributed by atoms with van der Waals surface area (Å²) in [6.45, 7) is 4.29. The van der Waals surface area contributed by atoms with Gasteiger partial charge in [0.1, 0.15) is 5.41 Å². The summed E-state index contributed by atoms with van der Waals surface area (Å²) in [5.74, 6) is -3.42. The molecule has 1 unspecified atom stereocenters. The van der Waals surface area contributed by atoms with Gasteiger partial charge in [0.2, 0.25) is 0 Å². The van der Waals surface area contributed by atoms with Crippen LogP contribution in [0.4, 0.5) is 4.79 Å². The van der Waals surface area contributed by atoms with Crippen molar-refractivity contribution in [3.05, 3.63) is 0 Å². The Kier molecular flexibility index (Phi) is 4.62. The zero-order valence-corrected chi connectivity index (χ0v) is 9.72. The SMILES string of the molecule is CC(C)C(C)(C(=O)O)C(=NNC(N)=O)C(=O)O. The maximum Gasteiger partial charge on any atom is 0.353 e. The van der Waals surface area contributed by atoms with Crippen LogP contribution in [-0.4, -0.2) is 33.9 Å². The summed E-state index contributed by atoms with van der Waals surface area (Å²) in [5.41, 5.74) is 4.05. The van der Waals surface area contributed by atoms with Gasteiger partial charge < -0.3 is 15.9 Å². The van der Waals surface area contributed by atoms with Crippen LogP contribution < -0.4 is 11.2 Å². The molecule has 8 nitrogen and oxygen atoms in total. The van der Waals surface area contributed by atoms with Gasteiger partial charge in [-0.3, -0.25) is 4.79 Å². The molecule has 0 fully saturated rings. The van der Waals surface area contributed by atoms with Gasteiger partial charge >= 0.3 is 18.0 Å².